The Hall–Kier alpha value is -7.42. The van der Waals surface area contributed by atoms with E-state index in [0.717, 1.165) is 61.0 Å². The Morgan fingerprint density at radius 1 is 0.396 bits per heavy atom. The molecule has 0 fully saturated rings. The molecular formula is C48H29N5. The number of rotatable bonds is 4. The van der Waals surface area contributed by atoms with Gasteiger partial charge in [0.1, 0.15) is 0 Å². The third-order valence-electron chi connectivity index (χ3n) is 10.7. The van der Waals surface area contributed by atoms with Gasteiger partial charge in [-0.2, -0.15) is 5.26 Å². The molecule has 246 valence electrons. The zero-order valence-electron chi connectivity index (χ0n) is 28.5. The minimum absolute atomic E-state index is 0.660. The predicted molar refractivity (Wildman–Crippen MR) is 217 cm³/mol. The van der Waals surface area contributed by atoms with Crippen molar-refractivity contribution in [3.05, 3.63) is 182 Å². The largest absolute Gasteiger partial charge is 0.309 e. The van der Waals surface area contributed by atoms with Crippen LogP contribution in [0.4, 0.5) is 0 Å². The summed E-state index contributed by atoms with van der Waals surface area (Å²) >= 11 is 0. The van der Waals surface area contributed by atoms with Crippen molar-refractivity contribution >= 4 is 65.4 Å². The fourth-order valence-corrected chi connectivity index (χ4v) is 8.48. The molecular weight excluding hydrogens is 647 g/mol. The van der Waals surface area contributed by atoms with E-state index < -0.39 is 0 Å². The van der Waals surface area contributed by atoms with Crippen molar-refractivity contribution < 1.29 is 0 Å². The highest BCUT2D eigenvalue weighted by Gasteiger charge is 2.21. The lowest BCUT2D eigenvalue weighted by Crippen LogP contribution is -1.99. The molecule has 0 spiro atoms. The van der Waals surface area contributed by atoms with Gasteiger partial charge in [0.15, 0.2) is 0 Å². The summed E-state index contributed by atoms with van der Waals surface area (Å²) in [6, 6.07) is 60.3. The van der Waals surface area contributed by atoms with Crippen molar-refractivity contribution in [2.24, 2.45) is 0 Å². The van der Waals surface area contributed by atoms with E-state index in [-0.39, 0.29) is 0 Å². The molecule has 53 heavy (non-hydrogen) atoms. The Kier molecular flexibility index (Phi) is 6.25. The first-order valence-electron chi connectivity index (χ1n) is 17.8. The number of hydrogen-bond donors (Lipinski definition) is 0. The molecule has 0 amide bonds. The van der Waals surface area contributed by atoms with Crippen molar-refractivity contribution in [2.45, 2.75) is 0 Å². The molecule has 11 aromatic rings. The smallest absolute Gasteiger partial charge is 0.0991 e. The van der Waals surface area contributed by atoms with Gasteiger partial charge in [0.05, 0.1) is 50.9 Å². The lowest BCUT2D eigenvalue weighted by Gasteiger charge is -2.14. The van der Waals surface area contributed by atoms with Gasteiger partial charge in [-0.15, -0.1) is 0 Å². The number of para-hydroxylation sites is 3. The van der Waals surface area contributed by atoms with Gasteiger partial charge >= 0.3 is 0 Å². The molecule has 0 radical (unpaired) electrons. The van der Waals surface area contributed by atoms with E-state index in [1.54, 1.807) is 0 Å². The van der Waals surface area contributed by atoms with Crippen LogP contribution in [0.3, 0.4) is 0 Å². The number of pyridine rings is 1. The molecule has 0 aliphatic carbocycles. The van der Waals surface area contributed by atoms with Crippen molar-refractivity contribution in [1.82, 2.24) is 18.7 Å². The van der Waals surface area contributed by atoms with Crippen molar-refractivity contribution in [3.8, 4) is 34.3 Å². The Morgan fingerprint density at radius 2 is 0.943 bits per heavy atom. The minimum Gasteiger partial charge on any atom is -0.309 e. The molecule has 0 saturated carbocycles. The molecule has 4 aromatic heterocycles. The molecule has 4 heterocycles. The summed E-state index contributed by atoms with van der Waals surface area (Å²) in [5, 5.41) is 16.7. The second-order valence-corrected chi connectivity index (χ2v) is 13.6. The van der Waals surface area contributed by atoms with E-state index in [1.807, 2.05) is 24.5 Å². The first kappa shape index (κ1) is 29.3. The van der Waals surface area contributed by atoms with E-state index in [0.29, 0.717) is 5.56 Å². The highest BCUT2D eigenvalue weighted by Crippen LogP contribution is 2.42. The summed E-state index contributed by atoms with van der Waals surface area (Å²) in [5.74, 6) is 0. The fraction of sp³-hybridized carbons (Fsp3) is 0. The highest BCUT2D eigenvalue weighted by molar-refractivity contribution is 6.23. The van der Waals surface area contributed by atoms with Crippen molar-refractivity contribution in [3.63, 3.8) is 0 Å². The van der Waals surface area contributed by atoms with Crippen LogP contribution < -0.4 is 0 Å². The Morgan fingerprint density at radius 3 is 1.64 bits per heavy atom. The van der Waals surface area contributed by atoms with Crippen LogP contribution in [0.5, 0.6) is 0 Å². The van der Waals surface area contributed by atoms with Gasteiger partial charge in [-0.25, -0.2) is 0 Å². The van der Waals surface area contributed by atoms with Gasteiger partial charge < -0.3 is 13.7 Å². The summed E-state index contributed by atoms with van der Waals surface area (Å²) in [6.45, 7) is 0. The quantitative estimate of drug-likeness (QED) is 0.186. The number of fused-ring (bicyclic) bond motifs is 10. The Labute approximate surface area is 304 Å². The minimum atomic E-state index is 0.660. The summed E-state index contributed by atoms with van der Waals surface area (Å²) in [4.78, 5) is 4.63. The SMILES string of the molecule is N#Cc1ccc2c(c1)c1ccccc1n2-c1cccc(-c2cccc(-n3c4cnccc4c4ccc5c6ccccc6n(-c6ccccc6)c5c43)c2)c1. The normalized spacial score (nSPS) is 11.8. The van der Waals surface area contributed by atoms with E-state index >= 15 is 0 Å². The van der Waals surface area contributed by atoms with Gasteiger partial charge in [0.25, 0.3) is 0 Å². The predicted octanol–water partition coefficient (Wildman–Crippen LogP) is 11.9. The molecule has 0 bridgehead atoms. The molecule has 0 aliphatic heterocycles. The van der Waals surface area contributed by atoms with Crippen LogP contribution in [-0.4, -0.2) is 18.7 Å². The average Bonchev–Trinajstić information content (AvgIpc) is 3.87. The molecule has 5 heteroatoms. The lowest BCUT2D eigenvalue weighted by atomic mass is 10.0. The van der Waals surface area contributed by atoms with E-state index in [2.05, 4.69) is 176 Å². The van der Waals surface area contributed by atoms with Crippen LogP contribution in [0.25, 0.3) is 93.6 Å². The van der Waals surface area contributed by atoms with Gasteiger partial charge in [-0.1, -0.05) is 91.0 Å². The van der Waals surface area contributed by atoms with Gasteiger partial charge in [0, 0.05) is 55.6 Å². The van der Waals surface area contributed by atoms with E-state index in [4.69, 9.17) is 0 Å². The van der Waals surface area contributed by atoms with Gasteiger partial charge in [-0.3, -0.25) is 4.98 Å². The van der Waals surface area contributed by atoms with Crippen molar-refractivity contribution in [2.75, 3.05) is 0 Å². The van der Waals surface area contributed by atoms with Crippen molar-refractivity contribution in [1.29, 1.82) is 5.26 Å². The zero-order chi connectivity index (χ0) is 35.0. The maximum absolute atomic E-state index is 9.65. The number of nitriles is 1. The maximum atomic E-state index is 9.65. The van der Waals surface area contributed by atoms with Crippen LogP contribution in [0.2, 0.25) is 0 Å². The van der Waals surface area contributed by atoms with E-state index in [9.17, 15) is 5.26 Å². The lowest BCUT2D eigenvalue weighted by molar-refractivity contribution is 1.14. The van der Waals surface area contributed by atoms with Crippen LogP contribution in [-0.2, 0) is 0 Å². The topological polar surface area (TPSA) is 51.5 Å². The van der Waals surface area contributed by atoms with Crippen LogP contribution in [0.15, 0.2) is 176 Å². The summed E-state index contributed by atoms with van der Waals surface area (Å²) in [5.41, 5.74) is 12.9. The second-order valence-electron chi connectivity index (χ2n) is 13.6. The van der Waals surface area contributed by atoms with E-state index in [1.165, 1.54) is 32.6 Å². The molecule has 11 rings (SSSR count). The summed E-state index contributed by atoms with van der Waals surface area (Å²) in [6.07, 6.45) is 3.88. The molecule has 0 saturated heterocycles. The summed E-state index contributed by atoms with van der Waals surface area (Å²) < 4.78 is 7.11. The number of nitrogens with zero attached hydrogens (tertiary/aromatic N) is 5. The van der Waals surface area contributed by atoms with Crippen LogP contribution >= 0.6 is 0 Å². The maximum Gasteiger partial charge on any atom is 0.0991 e. The molecule has 0 atom stereocenters. The third kappa shape index (κ3) is 4.27. The molecule has 0 aliphatic rings. The standard InChI is InChI=1S/C48H29N5/c49-29-31-20-23-45-42(26-31)38-17-5-6-18-43(38)51(45)35-14-8-10-32(27-35)33-11-9-15-36(28-33)53-46-30-50-25-24-39(46)41-22-21-40-37-16-4-7-19-44(37)52(47(40)48(41)53)34-12-2-1-3-13-34/h1-28,30H. The van der Waals surface area contributed by atoms with Gasteiger partial charge in [-0.05, 0) is 83.9 Å². The number of aromatic nitrogens is 4. The second kappa shape index (κ2) is 11.3. The first-order chi connectivity index (χ1) is 26.3. The third-order valence-corrected chi connectivity index (χ3v) is 10.7. The molecule has 7 aromatic carbocycles. The Balaban J connectivity index is 1.16. The summed E-state index contributed by atoms with van der Waals surface area (Å²) in [7, 11) is 0. The number of benzene rings is 7. The van der Waals surface area contributed by atoms with Crippen LogP contribution in [0, 0.1) is 11.3 Å². The highest BCUT2D eigenvalue weighted by atomic mass is 15.0. The molecule has 5 nitrogen and oxygen atoms in total. The Bertz CT molecular complexity index is 3300. The zero-order valence-corrected chi connectivity index (χ0v) is 28.5. The van der Waals surface area contributed by atoms with Crippen LogP contribution in [0.1, 0.15) is 5.56 Å². The average molecular weight is 676 g/mol. The molecule has 0 N–H and O–H groups in total. The molecule has 0 unspecified atom stereocenters. The monoisotopic (exact) mass is 675 g/mol. The fourth-order valence-electron chi connectivity index (χ4n) is 8.48. The number of hydrogen-bond acceptors (Lipinski definition) is 2. The first-order valence-corrected chi connectivity index (χ1v) is 17.8. The van der Waals surface area contributed by atoms with Gasteiger partial charge in [0.2, 0.25) is 0 Å².